The first-order valence-corrected chi connectivity index (χ1v) is 14.1. The van der Waals surface area contributed by atoms with E-state index in [2.05, 4.69) is 36.2 Å². The normalized spacial score (nSPS) is 10.8. The summed E-state index contributed by atoms with van der Waals surface area (Å²) in [5.41, 5.74) is 1.83. The van der Waals surface area contributed by atoms with Gasteiger partial charge in [-0.2, -0.15) is 28.8 Å². The predicted octanol–water partition coefficient (Wildman–Crippen LogP) is 2.18. The summed E-state index contributed by atoms with van der Waals surface area (Å²) in [4.78, 5) is 13.1. The summed E-state index contributed by atoms with van der Waals surface area (Å²) in [6.07, 6.45) is 6.19. The molecular formula is C24H35N9O2S2. The predicted molar refractivity (Wildman–Crippen MR) is 151 cm³/mol. The molecule has 0 aliphatic carbocycles. The highest BCUT2D eigenvalue weighted by molar-refractivity contribution is 7.98. The maximum Gasteiger partial charge on any atom is 0.204 e. The third-order valence-corrected chi connectivity index (χ3v) is 6.71. The molecule has 0 bridgehead atoms. The van der Waals surface area contributed by atoms with Crippen LogP contribution in [0.5, 0.6) is 11.5 Å². The molecule has 0 saturated carbocycles. The van der Waals surface area contributed by atoms with Gasteiger partial charge in [-0.15, -0.1) is 0 Å². The monoisotopic (exact) mass is 545 g/mol. The van der Waals surface area contributed by atoms with Gasteiger partial charge < -0.3 is 25.4 Å². The summed E-state index contributed by atoms with van der Waals surface area (Å²) < 4.78 is 10.6. The average Bonchev–Trinajstić information content (AvgIpc) is 2.92. The van der Waals surface area contributed by atoms with E-state index in [0.29, 0.717) is 38.1 Å². The lowest BCUT2D eigenvalue weighted by molar-refractivity contribution is 0.409. The molecule has 0 fully saturated rings. The highest BCUT2D eigenvalue weighted by atomic mass is 32.2. The fraction of sp³-hybridized carbons (Fsp3) is 0.458. The lowest BCUT2D eigenvalue weighted by Crippen LogP contribution is -2.40. The number of hydrogen-bond donors (Lipinski definition) is 5. The van der Waals surface area contributed by atoms with Crippen molar-refractivity contribution in [1.29, 1.82) is 10.7 Å². The van der Waals surface area contributed by atoms with Crippen LogP contribution in [0.2, 0.25) is 0 Å². The number of nitrogens with one attached hydrogen (secondary N) is 5. The Morgan fingerprint density at radius 2 is 1.54 bits per heavy atom. The van der Waals surface area contributed by atoms with Gasteiger partial charge in [0.25, 0.3) is 0 Å². The van der Waals surface area contributed by atoms with Gasteiger partial charge >= 0.3 is 0 Å². The first-order chi connectivity index (χ1) is 18.2. The molecule has 11 nitrogen and oxygen atoms in total. The number of nitriles is 1. The van der Waals surface area contributed by atoms with Crippen molar-refractivity contribution in [2.75, 3.05) is 51.9 Å². The maximum absolute atomic E-state index is 8.96. The maximum atomic E-state index is 8.96. The summed E-state index contributed by atoms with van der Waals surface area (Å²) in [6, 6.07) is 7.51. The lowest BCUT2D eigenvalue weighted by atomic mass is 10.3. The summed E-state index contributed by atoms with van der Waals surface area (Å²) >= 11 is 3.43. The quantitative estimate of drug-likeness (QED) is 0.0694. The van der Waals surface area contributed by atoms with E-state index in [4.69, 9.17) is 20.1 Å². The first-order valence-electron chi connectivity index (χ1n) is 11.8. The molecule has 0 saturated heterocycles. The van der Waals surface area contributed by atoms with Gasteiger partial charge in [-0.25, -0.2) is 0 Å². The number of rotatable bonds is 16. The molecule has 200 valence electrons. The Balaban J connectivity index is 1.52. The largest absolute Gasteiger partial charge is 0.495 e. The van der Waals surface area contributed by atoms with Gasteiger partial charge in [0.1, 0.15) is 11.5 Å². The Kier molecular flexibility index (Phi) is 15.2. The van der Waals surface area contributed by atoms with E-state index in [-0.39, 0.29) is 0 Å². The SMILES string of the molecule is COc1cccnc1CSCCN=C(NC#N)NCCCNC(=N)NCCSCc1ncccc1OC. The van der Waals surface area contributed by atoms with Crippen LogP contribution in [0.3, 0.4) is 0 Å². The molecule has 2 aromatic heterocycles. The summed E-state index contributed by atoms with van der Waals surface area (Å²) in [6.45, 7) is 2.49. The van der Waals surface area contributed by atoms with Crippen LogP contribution >= 0.6 is 23.5 Å². The Labute approximate surface area is 227 Å². The standard InChI is InChI=1S/C24H35N9O2S2/c1-34-21-6-3-8-27-19(21)16-36-14-12-30-23(26)29-10-5-11-31-24(33-18-25)32-13-15-37-17-20-22(35-2)7-4-9-28-20/h3-4,6-9H,5,10-17H2,1-2H3,(H3,26,29,30)(H2,31,32,33). The molecular weight excluding hydrogens is 510 g/mol. The van der Waals surface area contributed by atoms with E-state index in [0.717, 1.165) is 52.3 Å². The molecule has 2 rings (SSSR count). The second-order valence-corrected chi connectivity index (χ2v) is 9.60. The topological polar surface area (TPSA) is 152 Å². The van der Waals surface area contributed by atoms with Gasteiger partial charge in [0.2, 0.25) is 5.96 Å². The van der Waals surface area contributed by atoms with Crippen LogP contribution in [0.1, 0.15) is 17.8 Å². The van der Waals surface area contributed by atoms with Gasteiger partial charge in [0, 0.05) is 55.0 Å². The summed E-state index contributed by atoms with van der Waals surface area (Å²) in [5.74, 6) is 5.45. The third-order valence-electron chi connectivity index (χ3n) is 4.79. The minimum atomic E-state index is 0.293. The van der Waals surface area contributed by atoms with Gasteiger partial charge in [-0.1, -0.05) is 0 Å². The highest BCUT2D eigenvalue weighted by Crippen LogP contribution is 2.20. The number of aromatic nitrogens is 2. The van der Waals surface area contributed by atoms with E-state index in [1.165, 1.54) is 0 Å². The van der Waals surface area contributed by atoms with Gasteiger partial charge in [-0.05, 0) is 30.7 Å². The summed E-state index contributed by atoms with van der Waals surface area (Å²) in [7, 11) is 3.28. The highest BCUT2D eigenvalue weighted by Gasteiger charge is 2.05. The Bertz CT molecular complexity index is 1020. The van der Waals surface area contributed by atoms with E-state index >= 15 is 0 Å². The van der Waals surface area contributed by atoms with Crippen molar-refractivity contribution in [2.24, 2.45) is 4.99 Å². The number of thioether (sulfide) groups is 2. The van der Waals surface area contributed by atoms with Crippen LogP contribution < -0.4 is 30.7 Å². The molecule has 0 aliphatic heterocycles. The van der Waals surface area contributed by atoms with Crippen molar-refractivity contribution in [3.63, 3.8) is 0 Å². The molecule has 2 heterocycles. The van der Waals surface area contributed by atoms with Crippen LogP contribution in [0.25, 0.3) is 0 Å². The van der Waals surface area contributed by atoms with E-state index in [1.54, 1.807) is 50.1 Å². The van der Waals surface area contributed by atoms with Crippen LogP contribution in [-0.4, -0.2) is 73.8 Å². The van der Waals surface area contributed by atoms with E-state index in [1.807, 2.05) is 30.5 Å². The zero-order chi connectivity index (χ0) is 26.6. The fourth-order valence-electron chi connectivity index (χ4n) is 3.01. The number of aliphatic imine (C=N–C) groups is 1. The van der Waals surface area contributed by atoms with Crippen molar-refractivity contribution in [1.82, 2.24) is 31.2 Å². The molecule has 0 spiro atoms. The van der Waals surface area contributed by atoms with Crippen LogP contribution in [0, 0.1) is 16.9 Å². The van der Waals surface area contributed by atoms with E-state index < -0.39 is 0 Å². The van der Waals surface area contributed by atoms with Crippen LogP contribution in [0.15, 0.2) is 41.7 Å². The molecule has 5 N–H and O–H groups in total. The van der Waals surface area contributed by atoms with Crippen molar-refractivity contribution in [2.45, 2.75) is 17.9 Å². The van der Waals surface area contributed by atoms with Gasteiger partial charge in [0.05, 0.1) is 32.2 Å². The third kappa shape index (κ3) is 12.4. The number of guanidine groups is 2. The molecule has 2 aromatic rings. The average molecular weight is 546 g/mol. The van der Waals surface area contributed by atoms with Gasteiger partial charge in [0.15, 0.2) is 12.2 Å². The molecule has 13 heteroatoms. The molecule has 0 radical (unpaired) electrons. The summed E-state index contributed by atoms with van der Waals surface area (Å²) in [5, 5.41) is 28.8. The fourth-order valence-corrected chi connectivity index (χ4v) is 4.58. The molecule has 0 atom stereocenters. The molecule has 0 aromatic carbocycles. The smallest absolute Gasteiger partial charge is 0.204 e. The minimum absolute atomic E-state index is 0.293. The number of methoxy groups -OCH3 is 2. The second-order valence-electron chi connectivity index (χ2n) is 7.39. The zero-order valence-electron chi connectivity index (χ0n) is 21.2. The van der Waals surface area contributed by atoms with Crippen molar-refractivity contribution in [3.05, 3.63) is 48.0 Å². The van der Waals surface area contributed by atoms with Crippen LogP contribution in [0.4, 0.5) is 0 Å². The van der Waals surface area contributed by atoms with E-state index in [9.17, 15) is 0 Å². The zero-order valence-corrected chi connectivity index (χ0v) is 22.9. The number of nitrogens with zero attached hydrogens (tertiary/aromatic N) is 4. The minimum Gasteiger partial charge on any atom is -0.495 e. The number of pyridine rings is 2. The first kappa shape index (κ1) is 29.9. The molecule has 37 heavy (non-hydrogen) atoms. The number of hydrogen-bond acceptors (Lipinski definition) is 9. The Morgan fingerprint density at radius 3 is 2.16 bits per heavy atom. The van der Waals surface area contributed by atoms with Crippen molar-refractivity contribution >= 4 is 35.4 Å². The molecule has 0 aliphatic rings. The van der Waals surface area contributed by atoms with Crippen LogP contribution in [-0.2, 0) is 11.5 Å². The van der Waals surface area contributed by atoms with Gasteiger partial charge in [-0.3, -0.25) is 25.7 Å². The van der Waals surface area contributed by atoms with Crippen molar-refractivity contribution < 1.29 is 9.47 Å². The van der Waals surface area contributed by atoms with Crippen molar-refractivity contribution in [3.8, 4) is 17.7 Å². The number of ether oxygens (including phenoxy) is 2. The molecule has 0 amide bonds. The Hall–Kier alpha value is -3.37. The Morgan fingerprint density at radius 1 is 0.946 bits per heavy atom. The second kappa shape index (κ2) is 18.8. The molecule has 0 unspecified atom stereocenters. The lowest BCUT2D eigenvalue weighted by Gasteiger charge is -2.12.